The topological polar surface area (TPSA) is 35.2 Å². The van der Waals surface area contributed by atoms with Crippen molar-refractivity contribution in [2.24, 2.45) is 5.73 Å². The molecular formula is C16H23NO. The van der Waals surface area contributed by atoms with Crippen molar-refractivity contribution in [3.8, 4) is 5.75 Å². The van der Waals surface area contributed by atoms with Gasteiger partial charge in [0.15, 0.2) is 0 Å². The Labute approximate surface area is 110 Å². The van der Waals surface area contributed by atoms with E-state index < -0.39 is 0 Å². The fourth-order valence-electron chi connectivity index (χ4n) is 3.52. The van der Waals surface area contributed by atoms with Gasteiger partial charge in [0.25, 0.3) is 0 Å². The third-order valence-electron chi connectivity index (χ3n) is 5.22. The third kappa shape index (κ3) is 1.45. The fourth-order valence-corrected chi connectivity index (χ4v) is 3.52. The van der Waals surface area contributed by atoms with Crippen molar-refractivity contribution in [3.05, 3.63) is 27.8 Å². The second-order valence-corrected chi connectivity index (χ2v) is 6.19. The van der Waals surface area contributed by atoms with Crippen LogP contribution in [0.25, 0.3) is 0 Å². The number of nitrogens with two attached hydrogens (primary N) is 1. The lowest BCUT2D eigenvalue weighted by Gasteiger charge is -2.48. The van der Waals surface area contributed by atoms with Gasteiger partial charge in [0.05, 0.1) is 0 Å². The summed E-state index contributed by atoms with van der Waals surface area (Å²) in [4.78, 5) is 0. The van der Waals surface area contributed by atoms with E-state index in [9.17, 15) is 0 Å². The zero-order valence-electron chi connectivity index (χ0n) is 11.9. The molecule has 1 fully saturated rings. The highest BCUT2D eigenvalue weighted by Crippen LogP contribution is 2.51. The van der Waals surface area contributed by atoms with Gasteiger partial charge in [-0.3, -0.25) is 0 Å². The molecule has 2 heteroatoms. The summed E-state index contributed by atoms with van der Waals surface area (Å²) in [6, 6.07) is 0.145. The lowest BCUT2D eigenvalue weighted by Crippen LogP contribution is -2.48. The lowest BCUT2D eigenvalue weighted by molar-refractivity contribution is -0.0337. The van der Waals surface area contributed by atoms with E-state index in [2.05, 4.69) is 27.7 Å². The summed E-state index contributed by atoms with van der Waals surface area (Å²) in [6.45, 7) is 8.74. The Hall–Kier alpha value is -1.02. The number of hydrogen-bond acceptors (Lipinski definition) is 2. The van der Waals surface area contributed by atoms with E-state index in [0.29, 0.717) is 0 Å². The highest BCUT2D eigenvalue weighted by atomic mass is 16.5. The molecule has 0 aromatic heterocycles. The minimum atomic E-state index is 0.0608. The molecule has 18 heavy (non-hydrogen) atoms. The maximum Gasteiger partial charge on any atom is 0.128 e. The molecular weight excluding hydrogens is 222 g/mol. The van der Waals surface area contributed by atoms with Crippen LogP contribution in [-0.4, -0.2) is 5.60 Å². The Morgan fingerprint density at radius 2 is 1.61 bits per heavy atom. The lowest BCUT2D eigenvalue weighted by atomic mass is 9.72. The monoisotopic (exact) mass is 245 g/mol. The molecule has 1 unspecified atom stereocenters. The van der Waals surface area contributed by atoms with E-state index in [-0.39, 0.29) is 11.6 Å². The summed E-state index contributed by atoms with van der Waals surface area (Å²) in [5, 5.41) is 0. The molecule has 1 saturated carbocycles. The van der Waals surface area contributed by atoms with Gasteiger partial charge in [0.2, 0.25) is 0 Å². The predicted molar refractivity (Wildman–Crippen MR) is 74.1 cm³/mol. The van der Waals surface area contributed by atoms with E-state index in [4.69, 9.17) is 10.5 Å². The van der Waals surface area contributed by atoms with Crippen LogP contribution in [0.5, 0.6) is 5.75 Å². The van der Waals surface area contributed by atoms with Crippen molar-refractivity contribution in [3.63, 3.8) is 0 Å². The molecule has 1 aromatic carbocycles. The second-order valence-electron chi connectivity index (χ2n) is 6.19. The molecule has 3 rings (SSSR count). The molecule has 2 nitrogen and oxygen atoms in total. The maximum atomic E-state index is 6.44. The van der Waals surface area contributed by atoms with Gasteiger partial charge in [-0.25, -0.2) is 0 Å². The first-order valence-electron chi connectivity index (χ1n) is 7.00. The molecule has 2 N–H and O–H groups in total. The fraction of sp³-hybridized carbons (Fsp3) is 0.625. The van der Waals surface area contributed by atoms with Crippen LogP contribution in [0.1, 0.15) is 59.5 Å². The first-order valence-corrected chi connectivity index (χ1v) is 7.00. The summed E-state index contributed by atoms with van der Waals surface area (Å²) in [6.07, 6.45) is 4.62. The smallest absolute Gasteiger partial charge is 0.128 e. The summed E-state index contributed by atoms with van der Waals surface area (Å²) in [7, 11) is 0. The normalized spacial score (nSPS) is 24.4. The average molecular weight is 245 g/mol. The molecule has 1 aromatic rings. The van der Waals surface area contributed by atoms with Crippen LogP contribution in [-0.2, 0) is 0 Å². The SMILES string of the molecule is Cc1c(C)c(C)c2c(c1C)OC1(CCC1)CC2N. The molecule has 0 bridgehead atoms. The van der Waals surface area contributed by atoms with Crippen LogP contribution in [0.15, 0.2) is 0 Å². The van der Waals surface area contributed by atoms with E-state index in [0.717, 1.165) is 12.2 Å². The maximum absolute atomic E-state index is 6.44. The van der Waals surface area contributed by atoms with E-state index in [1.54, 1.807) is 0 Å². The highest BCUT2D eigenvalue weighted by Gasteiger charge is 2.45. The van der Waals surface area contributed by atoms with Gasteiger partial charge in [-0.05, 0) is 69.2 Å². The predicted octanol–water partition coefficient (Wildman–Crippen LogP) is 3.63. The summed E-state index contributed by atoms with van der Waals surface area (Å²) >= 11 is 0. The number of ether oxygens (including phenoxy) is 1. The van der Waals surface area contributed by atoms with Crippen molar-refractivity contribution >= 4 is 0 Å². The molecule has 0 amide bonds. The highest BCUT2D eigenvalue weighted by molar-refractivity contribution is 5.56. The van der Waals surface area contributed by atoms with Crippen molar-refractivity contribution in [1.82, 2.24) is 0 Å². The molecule has 0 radical (unpaired) electrons. The number of rotatable bonds is 0. The Bertz CT molecular complexity index is 515. The molecule has 1 aliphatic carbocycles. The number of fused-ring (bicyclic) bond motifs is 1. The number of hydrogen-bond donors (Lipinski definition) is 1. The van der Waals surface area contributed by atoms with E-state index in [1.807, 2.05) is 0 Å². The Kier molecular flexibility index (Phi) is 2.50. The first kappa shape index (κ1) is 12.0. The van der Waals surface area contributed by atoms with Gasteiger partial charge in [0, 0.05) is 18.0 Å². The zero-order chi connectivity index (χ0) is 13.1. The summed E-state index contributed by atoms with van der Waals surface area (Å²) in [5.74, 6) is 1.09. The zero-order valence-corrected chi connectivity index (χ0v) is 11.9. The van der Waals surface area contributed by atoms with Crippen LogP contribution in [0, 0.1) is 27.7 Å². The number of benzene rings is 1. The van der Waals surface area contributed by atoms with E-state index in [1.165, 1.54) is 47.1 Å². The average Bonchev–Trinajstić information content (AvgIpc) is 2.30. The molecule has 1 atom stereocenters. The van der Waals surface area contributed by atoms with Gasteiger partial charge in [-0.2, -0.15) is 0 Å². The first-order chi connectivity index (χ1) is 8.45. The Morgan fingerprint density at radius 3 is 2.17 bits per heavy atom. The third-order valence-corrected chi connectivity index (χ3v) is 5.22. The molecule has 0 saturated heterocycles. The minimum Gasteiger partial charge on any atom is -0.487 e. The summed E-state index contributed by atoms with van der Waals surface area (Å²) in [5.41, 5.74) is 13.1. The molecule has 98 valence electrons. The van der Waals surface area contributed by atoms with Gasteiger partial charge < -0.3 is 10.5 Å². The Balaban J connectivity index is 2.19. The molecule has 1 heterocycles. The van der Waals surface area contributed by atoms with Crippen molar-refractivity contribution in [2.45, 2.75) is 65.0 Å². The van der Waals surface area contributed by atoms with Crippen molar-refractivity contribution in [1.29, 1.82) is 0 Å². The Morgan fingerprint density at radius 1 is 1.00 bits per heavy atom. The largest absolute Gasteiger partial charge is 0.487 e. The molecule has 1 aliphatic heterocycles. The van der Waals surface area contributed by atoms with Crippen LogP contribution in [0.4, 0.5) is 0 Å². The standard InChI is InChI=1S/C16H23NO/c1-9-10(2)12(4)15-14(11(9)3)13(17)8-16(18-15)6-5-7-16/h13H,5-8,17H2,1-4H3. The van der Waals surface area contributed by atoms with Crippen LogP contribution in [0.3, 0.4) is 0 Å². The molecule has 1 spiro atoms. The van der Waals surface area contributed by atoms with Crippen LogP contribution >= 0.6 is 0 Å². The molecule has 2 aliphatic rings. The van der Waals surface area contributed by atoms with Crippen molar-refractivity contribution in [2.75, 3.05) is 0 Å². The van der Waals surface area contributed by atoms with Crippen LogP contribution < -0.4 is 10.5 Å². The summed E-state index contributed by atoms with van der Waals surface area (Å²) < 4.78 is 6.39. The van der Waals surface area contributed by atoms with Gasteiger partial charge >= 0.3 is 0 Å². The van der Waals surface area contributed by atoms with Gasteiger partial charge in [0.1, 0.15) is 11.4 Å². The van der Waals surface area contributed by atoms with E-state index >= 15 is 0 Å². The minimum absolute atomic E-state index is 0.0608. The van der Waals surface area contributed by atoms with Gasteiger partial charge in [-0.15, -0.1) is 0 Å². The quantitative estimate of drug-likeness (QED) is 0.757. The van der Waals surface area contributed by atoms with Crippen molar-refractivity contribution < 1.29 is 4.74 Å². The van der Waals surface area contributed by atoms with Gasteiger partial charge in [-0.1, -0.05) is 0 Å². The second kappa shape index (κ2) is 3.74. The van der Waals surface area contributed by atoms with Crippen LogP contribution in [0.2, 0.25) is 0 Å².